The van der Waals surface area contributed by atoms with E-state index in [2.05, 4.69) is 36.2 Å². The minimum atomic E-state index is -0.196. The van der Waals surface area contributed by atoms with Crippen molar-refractivity contribution in [2.24, 2.45) is 0 Å². The minimum Gasteiger partial charge on any atom is -0.313 e. The molecular formula is C16H23FN4. The largest absolute Gasteiger partial charge is 0.313 e. The Morgan fingerprint density at radius 3 is 2.52 bits per heavy atom. The van der Waals surface area contributed by atoms with E-state index in [1.54, 1.807) is 6.33 Å². The van der Waals surface area contributed by atoms with Gasteiger partial charge in [-0.2, -0.15) is 5.10 Å². The van der Waals surface area contributed by atoms with E-state index in [9.17, 15) is 4.39 Å². The molecule has 0 spiro atoms. The summed E-state index contributed by atoms with van der Waals surface area (Å²) < 4.78 is 14.9. The van der Waals surface area contributed by atoms with Gasteiger partial charge in [0, 0.05) is 18.5 Å². The zero-order valence-electron chi connectivity index (χ0n) is 12.9. The van der Waals surface area contributed by atoms with Crippen molar-refractivity contribution in [2.75, 3.05) is 6.54 Å². The van der Waals surface area contributed by atoms with Gasteiger partial charge in [-0.1, -0.05) is 19.1 Å². The molecule has 5 heteroatoms. The second-order valence-electron chi connectivity index (χ2n) is 5.50. The zero-order chi connectivity index (χ0) is 15.2. The summed E-state index contributed by atoms with van der Waals surface area (Å²) in [6.45, 7) is 7.17. The molecule has 0 aliphatic carbocycles. The molecule has 1 atom stereocenters. The monoisotopic (exact) mass is 290 g/mol. The molecule has 2 rings (SSSR count). The van der Waals surface area contributed by atoms with Gasteiger partial charge in [-0.05, 0) is 44.5 Å². The molecule has 0 radical (unpaired) electrons. The number of hydrogen-bond donors (Lipinski definition) is 1. The normalized spacial score (nSPS) is 12.8. The van der Waals surface area contributed by atoms with Crippen molar-refractivity contribution < 1.29 is 4.39 Å². The smallest absolute Gasteiger partial charge is 0.138 e. The first-order valence-corrected chi connectivity index (χ1v) is 7.46. The molecule has 0 saturated carbocycles. The number of benzene rings is 1. The van der Waals surface area contributed by atoms with Crippen molar-refractivity contribution >= 4 is 0 Å². The van der Waals surface area contributed by atoms with Gasteiger partial charge in [0.1, 0.15) is 18.0 Å². The van der Waals surface area contributed by atoms with Gasteiger partial charge in [0.25, 0.3) is 0 Å². The average molecular weight is 290 g/mol. The van der Waals surface area contributed by atoms with E-state index in [0.29, 0.717) is 6.04 Å². The van der Waals surface area contributed by atoms with Crippen LogP contribution in [0.5, 0.6) is 0 Å². The summed E-state index contributed by atoms with van der Waals surface area (Å²) in [5.74, 6) is 0.788. The molecular weight excluding hydrogens is 267 g/mol. The number of nitrogens with zero attached hydrogens (tertiary/aromatic N) is 3. The molecule has 1 aromatic carbocycles. The maximum absolute atomic E-state index is 13.0. The number of likely N-dealkylation sites (N-methyl/N-ethyl adjacent to an activating group) is 1. The molecule has 1 unspecified atom stereocenters. The maximum atomic E-state index is 13.0. The molecule has 1 N–H and O–H groups in total. The Hall–Kier alpha value is -1.75. The van der Waals surface area contributed by atoms with E-state index in [0.717, 1.165) is 30.8 Å². The van der Waals surface area contributed by atoms with Crippen LogP contribution in [0.1, 0.15) is 38.2 Å². The molecule has 0 amide bonds. The van der Waals surface area contributed by atoms with Gasteiger partial charge in [0.15, 0.2) is 0 Å². The van der Waals surface area contributed by atoms with Gasteiger partial charge < -0.3 is 5.32 Å². The standard InChI is InChI=1S/C16H23FN4/c1-4-18-15(9-13-5-7-14(17)8-6-13)10-16-19-11-20-21(16)12(2)3/h5-8,11-12,15,18H,4,9-10H2,1-3H3. The number of aromatic nitrogens is 3. The number of halogens is 1. The van der Waals surface area contributed by atoms with Crippen molar-refractivity contribution in [2.45, 2.75) is 45.7 Å². The Labute approximate surface area is 125 Å². The van der Waals surface area contributed by atoms with Crippen LogP contribution in [-0.2, 0) is 12.8 Å². The SMILES string of the molecule is CCNC(Cc1ccc(F)cc1)Cc1ncnn1C(C)C. The molecule has 1 heterocycles. The molecule has 114 valence electrons. The van der Waals surface area contributed by atoms with Crippen LogP contribution in [-0.4, -0.2) is 27.4 Å². The van der Waals surface area contributed by atoms with E-state index in [-0.39, 0.29) is 11.9 Å². The van der Waals surface area contributed by atoms with Crippen LogP contribution < -0.4 is 5.32 Å². The Morgan fingerprint density at radius 2 is 1.90 bits per heavy atom. The summed E-state index contributed by atoms with van der Waals surface area (Å²) in [5.41, 5.74) is 1.12. The lowest BCUT2D eigenvalue weighted by molar-refractivity contribution is 0.459. The van der Waals surface area contributed by atoms with Gasteiger partial charge >= 0.3 is 0 Å². The fraction of sp³-hybridized carbons (Fsp3) is 0.500. The molecule has 0 bridgehead atoms. The van der Waals surface area contributed by atoms with Gasteiger partial charge in [0.05, 0.1) is 0 Å². The summed E-state index contributed by atoms with van der Waals surface area (Å²) in [6, 6.07) is 7.27. The number of rotatable bonds is 7. The second kappa shape index (κ2) is 7.31. The van der Waals surface area contributed by atoms with Crippen LogP contribution in [0.4, 0.5) is 4.39 Å². The molecule has 2 aromatic rings. The van der Waals surface area contributed by atoms with Crippen LogP contribution in [0.2, 0.25) is 0 Å². The van der Waals surface area contributed by atoms with Crippen LogP contribution in [0.3, 0.4) is 0 Å². The van der Waals surface area contributed by atoms with E-state index in [1.807, 2.05) is 16.8 Å². The maximum Gasteiger partial charge on any atom is 0.138 e. The lowest BCUT2D eigenvalue weighted by atomic mass is 10.0. The first kappa shape index (κ1) is 15.6. The quantitative estimate of drug-likeness (QED) is 0.852. The highest BCUT2D eigenvalue weighted by atomic mass is 19.1. The molecule has 0 fully saturated rings. The third-order valence-corrected chi connectivity index (χ3v) is 3.45. The third-order valence-electron chi connectivity index (χ3n) is 3.45. The first-order valence-electron chi connectivity index (χ1n) is 7.46. The van der Waals surface area contributed by atoms with Crippen molar-refractivity contribution in [3.63, 3.8) is 0 Å². The summed E-state index contributed by atoms with van der Waals surface area (Å²) in [4.78, 5) is 4.37. The highest BCUT2D eigenvalue weighted by Crippen LogP contribution is 2.11. The minimum absolute atomic E-state index is 0.196. The fourth-order valence-electron chi connectivity index (χ4n) is 2.48. The molecule has 4 nitrogen and oxygen atoms in total. The van der Waals surface area contributed by atoms with Crippen LogP contribution in [0.15, 0.2) is 30.6 Å². The predicted molar refractivity (Wildman–Crippen MR) is 81.7 cm³/mol. The predicted octanol–water partition coefficient (Wildman–Crippen LogP) is 2.76. The van der Waals surface area contributed by atoms with Crippen molar-refractivity contribution in [1.29, 1.82) is 0 Å². The molecule has 21 heavy (non-hydrogen) atoms. The molecule has 0 aliphatic heterocycles. The lowest BCUT2D eigenvalue weighted by Crippen LogP contribution is -2.34. The molecule has 0 aliphatic rings. The van der Waals surface area contributed by atoms with Gasteiger partial charge in [-0.3, -0.25) is 0 Å². The highest BCUT2D eigenvalue weighted by Gasteiger charge is 2.15. The Morgan fingerprint density at radius 1 is 1.19 bits per heavy atom. The Bertz CT molecular complexity index is 548. The summed E-state index contributed by atoms with van der Waals surface area (Å²) in [7, 11) is 0. The first-order chi connectivity index (χ1) is 10.1. The Kier molecular flexibility index (Phi) is 5.44. The topological polar surface area (TPSA) is 42.7 Å². The van der Waals surface area contributed by atoms with Crippen molar-refractivity contribution in [3.05, 3.63) is 47.8 Å². The highest BCUT2D eigenvalue weighted by molar-refractivity contribution is 5.17. The van der Waals surface area contributed by atoms with Crippen LogP contribution in [0.25, 0.3) is 0 Å². The van der Waals surface area contributed by atoms with E-state index < -0.39 is 0 Å². The van der Waals surface area contributed by atoms with Crippen molar-refractivity contribution in [1.82, 2.24) is 20.1 Å². The van der Waals surface area contributed by atoms with Crippen molar-refractivity contribution in [3.8, 4) is 0 Å². The Balaban J connectivity index is 2.08. The molecule has 0 saturated heterocycles. The summed E-state index contributed by atoms with van der Waals surface area (Å²) in [5, 5.41) is 7.75. The van der Waals surface area contributed by atoms with Crippen LogP contribution in [0, 0.1) is 5.82 Å². The van der Waals surface area contributed by atoms with E-state index >= 15 is 0 Å². The van der Waals surface area contributed by atoms with Crippen LogP contribution >= 0.6 is 0 Å². The lowest BCUT2D eigenvalue weighted by Gasteiger charge is -2.19. The second-order valence-corrected chi connectivity index (χ2v) is 5.50. The zero-order valence-corrected chi connectivity index (χ0v) is 12.9. The van der Waals surface area contributed by atoms with E-state index in [4.69, 9.17) is 0 Å². The summed E-state index contributed by atoms with van der Waals surface area (Å²) >= 11 is 0. The van der Waals surface area contributed by atoms with Gasteiger partial charge in [-0.15, -0.1) is 0 Å². The summed E-state index contributed by atoms with van der Waals surface area (Å²) in [6.07, 6.45) is 3.26. The third kappa shape index (κ3) is 4.36. The average Bonchev–Trinajstić information content (AvgIpc) is 2.90. The fourth-order valence-corrected chi connectivity index (χ4v) is 2.48. The van der Waals surface area contributed by atoms with E-state index in [1.165, 1.54) is 12.1 Å². The number of hydrogen-bond acceptors (Lipinski definition) is 3. The number of nitrogens with one attached hydrogen (secondary N) is 1. The molecule has 1 aromatic heterocycles. The van der Waals surface area contributed by atoms with Gasteiger partial charge in [-0.25, -0.2) is 14.1 Å². The van der Waals surface area contributed by atoms with Gasteiger partial charge in [0.2, 0.25) is 0 Å².